The van der Waals surface area contributed by atoms with Crippen molar-refractivity contribution in [3.8, 4) is 11.5 Å². The number of hydrogen-bond donors (Lipinski definition) is 0. The van der Waals surface area contributed by atoms with Crippen LogP contribution in [0.5, 0.6) is 11.5 Å². The van der Waals surface area contributed by atoms with Gasteiger partial charge in [-0.2, -0.15) is 0 Å². The maximum atomic E-state index is 13.4. The largest absolute Gasteiger partial charge is 0.497 e. The number of methoxy groups -OCH3 is 1. The molecule has 0 spiro atoms. The smallest absolute Gasteiger partial charge is 0.153 e. The average molecular weight is 260 g/mol. The van der Waals surface area contributed by atoms with Gasteiger partial charge in [-0.25, -0.2) is 4.39 Å². The Morgan fingerprint density at radius 3 is 2.68 bits per heavy atom. The summed E-state index contributed by atoms with van der Waals surface area (Å²) in [6.45, 7) is 0.0693. The van der Waals surface area contributed by atoms with Crippen LogP contribution >= 0.6 is 0 Å². The van der Waals surface area contributed by atoms with Gasteiger partial charge in [-0.1, -0.05) is 18.2 Å². The summed E-state index contributed by atoms with van der Waals surface area (Å²) >= 11 is 0. The molecule has 0 heterocycles. The van der Waals surface area contributed by atoms with E-state index in [2.05, 4.69) is 0 Å². The van der Waals surface area contributed by atoms with Crippen LogP contribution in [0.15, 0.2) is 42.5 Å². The summed E-state index contributed by atoms with van der Waals surface area (Å²) in [6.07, 6.45) is 0.680. The molecule has 4 heteroatoms. The van der Waals surface area contributed by atoms with Crippen LogP contribution in [0.25, 0.3) is 0 Å². The molecule has 19 heavy (non-hydrogen) atoms. The van der Waals surface area contributed by atoms with Crippen LogP contribution in [0.4, 0.5) is 4.39 Å². The van der Waals surface area contributed by atoms with E-state index in [9.17, 15) is 9.18 Å². The third-order valence-electron chi connectivity index (χ3n) is 2.68. The number of halogens is 1. The van der Waals surface area contributed by atoms with Crippen LogP contribution in [0.2, 0.25) is 0 Å². The number of benzene rings is 2. The fourth-order valence-electron chi connectivity index (χ4n) is 1.65. The Balaban J connectivity index is 2.15. The van der Waals surface area contributed by atoms with E-state index in [1.165, 1.54) is 13.2 Å². The first-order valence-corrected chi connectivity index (χ1v) is 5.74. The second kappa shape index (κ2) is 6.00. The molecule has 0 bridgehead atoms. The summed E-state index contributed by atoms with van der Waals surface area (Å²) in [4.78, 5) is 11.0. The molecule has 0 saturated carbocycles. The Morgan fingerprint density at radius 2 is 2.00 bits per heavy atom. The van der Waals surface area contributed by atoms with E-state index in [1.807, 2.05) is 0 Å². The molecule has 0 aromatic heterocycles. The van der Waals surface area contributed by atoms with Gasteiger partial charge < -0.3 is 9.47 Å². The molecular weight excluding hydrogens is 247 g/mol. The SMILES string of the molecule is COc1ccc(OCc2ccccc2F)c(C=O)c1. The predicted octanol–water partition coefficient (Wildman–Crippen LogP) is 3.23. The lowest BCUT2D eigenvalue weighted by molar-refractivity contribution is 0.111. The highest BCUT2D eigenvalue weighted by Gasteiger charge is 2.07. The van der Waals surface area contributed by atoms with Crippen molar-refractivity contribution in [1.82, 2.24) is 0 Å². The van der Waals surface area contributed by atoms with E-state index < -0.39 is 0 Å². The van der Waals surface area contributed by atoms with Gasteiger partial charge in [0.25, 0.3) is 0 Å². The van der Waals surface area contributed by atoms with Crippen molar-refractivity contribution < 1.29 is 18.7 Å². The van der Waals surface area contributed by atoms with E-state index in [0.717, 1.165) is 0 Å². The molecule has 0 aliphatic heterocycles. The summed E-state index contributed by atoms with van der Waals surface area (Å²) in [5.74, 6) is 0.642. The first-order valence-electron chi connectivity index (χ1n) is 5.74. The molecule has 0 fully saturated rings. The van der Waals surface area contributed by atoms with Gasteiger partial charge in [0.2, 0.25) is 0 Å². The Morgan fingerprint density at radius 1 is 1.21 bits per heavy atom. The fraction of sp³-hybridized carbons (Fsp3) is 0.133. The molecule has 3 nitrogen and oxygen atoms in total. The van der Waals surface area contributed by atoms with Crippen molar-refractivity contribution in [3.05, 3.63) is 59.4 Å². The Bertz CT molecular complexity index is 581. The van der Waals surface area contributed by atoms with Gasteiger partial charge in [0.05, 0.1) is 12.7 Å². The van der Waals surface area contributed by atoms with Gasteiger partial charge in [-0.15, -0.1) is 0 Å². The maximum absolute atomic E-state index is 13.4. The Labute approximate surface area is 110 Å². The van der Waals surface area contributed by atoms with Crippen molar-refractivity contribution >= 4 is 6.29 Å². The summed E-state index contributed by atoms with van der Waals surface area (Å²) in [5.41, 5.74) is 0.811. The van der Waals surface area contributed by atoms with Crippen LogP contribution in [0, 0.1) is 5.82 Å². The van der Waals surface area contributed by atoms with Gasteiger partial charge in [0.15, 0.2) is 6.29 Å². The Kier molecular flexibility index (Phi) is 4.13. The first-order chi connectivity index (χ1) is 9.24. The monoisotopic (exact) mass is 260 g/mol. The summed E-state index contributed by atoms with van der Waals surface area (Å²) in [7, 11) is 1.52. The molecule has 2 rings (SSSR count). The van der Waals surface area contributed by atoms with Crippen molar-refractivity contribution in [3.63, 3.8) is 0 Å². The number of aldehydes is 1. The van der Waals surface area contributed by atoms with Crippen molar-refractivity contribution in [2.45, 2.75) is 6.61 Å². The molecule has 98 valence electrons. The average Bonchev–Trinajstić information content (AvgIpc) is 2.46. The number of rotatable bonds is 5. The highest BCUT2D eigenvalue weighted by Crippen LogP contribution is 2.23. The molecule has 0 aliphatic rings. The maximum Gasteiger partial charge on any atom is 0.153 e. The molecule has 0 aliphatic carbocycles. The van der Waals surface area contributed by atoms with E-state index in [1.54, 1.807) is 36.4 Å². The van der Waals surface area contributed by atoms with Crippen molar-refractivity contribution in [1.29, 1.82) is 0 Å². The molecule has 0 unspecified atom stereocenters. The van der Waals surface area contributed by atoms with Gasteiger partial charge in [0, 0.05) is 5.56 Å². The number of carbonyl (C=O) groups excluding carboxylic acids is 1. The summed E-state index contributed by atoms with van der Waals surface area (Å²) in [6, 6.07) is 11.2. The van der Waals surface area contributed by atoms with Crippen molar-refractivity contribution in [2.24, 2.45) is 0 Å². The quantitative estimate of drug-likeness (QED) is 0.774. The summed E-state index contributed by atoms with van der Waals surface area (Å²) < 4.78 is 23.9. The predicted molar refractivity (Wildman–Crippen MR) is 69.1 cm³/mol. The molecule has 0 saturated heterocycles. The molecule has 0 atom stereocenters. The lowest BCUT2D eigenvalue weighted by atomic mass is 10.2. The fourth-order valence-corrected chi connectivity index (χ4v) is 1.65. The van der Waals surface area contributed by atoms with E-state index in [0.29, 0.717) is 28.9 Å². The second-order valence-electron chi connectivity index (χ2n) is 3.90. The zero-order chi connectivity index (χ0) is 13.7. The topological polar surface area (TPSA) is 35.5 Å². The number of ether oxygens (including phenoxy) is 2. The van der Waals surface area contributed by atoms with Crippen molar-refractivity contribution in [2.75, 3.05) is 7.11 Å². The minimum Gasteiger partial charge on any atom is -0.497 e. The molecule has 0 N–H and O–H groups in total. The van der Waals surface area contributed by atoms with Crippen LogP contribution in [0.3, 0.4) is 0 Å². The zero-order valence-corrected chi connectivity index (χ0v) is 10.4. The third kappa shape index (κ3) is 3.10. The first kappa shape index (κ1) is 13.1. The molecular formula is C15H13FO3. The van der Waals surface area contributed by atoms with Gasteiger partial charge >= 0.3 is 0 Å². The van der Waals surface area contributed by atoms with E-state index in [4.69, 9.17) is 9.47 Å². The summed E-state index contributed by atoms with van der Waals surface area (Å²) in [5, 5.41) is 0. The normalized spacial score (nSPS) is 10.0. The Hall–Kier alpha value is -2.36. The van der Waals surface area contributed by atoms with Crippen LogP contribution < -0.4 is 9.47 Å². The molecule has 0 amide bonds. The third-order valence-corrected chi connectivity index (χ3v) is 2.68. The van der Waals surface area contributed by atoms with Gasteiger partial charge in [-0.3, -0.25) is 4.79 Å². The number of hydrogen-bond acceptors (Lipinski definition) is 3. The number of carbonyl (C=O) groups is 1. The van der Waals surface area contributed by atoms with Crippen LogP contribution in [0.1, 0.15) is 15.9 Å². The lowest BCUT2D eigenvalue weighted by Gasteiger charge is -2.10. The minimum atomic E-state index is -0.330. The zero-order valence-electron chi connectivity index (χ0n) is 10.4. The van der Waals surface area contributed by atoms with Gasteiger partial charge in [-0.05, 0) is 24.3 Å². The minimum absolute atomic E-state index is 0.0693. The molecule has 2 aromatic rings. The van der Waals surface area contributed by atoms with E-state index >= 15 is 0 Å². The lowest BCUT2D eigenvalue weighted by Crippen LogP contribution is -2.00. The highest BCUT2D eigenvalue weighted by molar-refractivity contribution is 5.80. The van der Waals surface area contributed by atoms with E-state index in [-0.39, 0.29) is 12.4 Å². The molecule has 0 radical (unpaired) electrons. The highest BCUT2D eigenvalue weighted by atomic mass is 19.1. The standard InChI is InChI=1S/C15H13FO3/c1-18-13-6-7-15(12(8-13)9-17)19-10-11-4-2-3-5-14(11)16/h2-9H,10H2,1H3. The van der Waals surface area contributed by atoms with Gasteiger partial charge in [0.1, 0.15) is 23.9 Å². The van der Waals surface area contributed by atoms with Crippen LogP contribution in [-0.2, 0) is 6.61 Å². The second-order valence-corrected chi connectivity index (χ2v) is 3.90. The van der Waals surface area contributed by atoms with Crippen LogP contribution in [-0.4, -0.2) is 13.4 Å². The molecule has 2 aromatic carbocycles.